The summed E-state index contributed by atoms with van der Waals surface area (Å²) in [6.07, 6.45) is 3.93. The van der Waals surface area contributed by atoms with Gasteiger partial charge >= 0.3 is 0 Å². The van der Waals surface area contributed by atoms with Crippen LogP contribution in [0.5, 0.6) is 5.75 Å². The number of halogens is 1. The van der Waals surface area contributed by atoms with Crippen LogP contribution in [0.1, 0.15) is 18.9 Å². The maximum Gasteiger partial charge on any atom is 0.247 e. The first kappa shape index (κ1) is 31.3. The molecule has 3 aliphatic heterocycles. The van der Waals surface area contributed by atoms with Gasteiger partial charge in [0, 0.05) is 41.9 Å². The van der Waals surface area contributed by atoms with Crippen molar-refractivity contribution >= 4 is 51.1 Å². The minimum absolute atomic E-state index is 0.0229. The van der Waals surface area contributed by atoms with E-state index in [1.54, 1.807) is 33.7 Å². The summed E-state index contributed by atoms with van der Waals surface area (Å²) in [5, 5.41) is 9.81. The highest BCUT2D eigenvalue weighted by Gasteiger charge is 2.76. The number of likely N-dealkylation sites (tertiary alicyclic amines) is 1. The Morgan fingerprint density at radius 2 is 1.81 bits per heavy atom. The van der Waals surface area contributed by atoms with Crippen molar-refractivity contribution in [3.05, 3.63) is 85.5 Å². The van der Waals surface area contributed by atoms with Gasteiger partial charge in [0.05, 0.1) is 29.8 Å². The van der Waals surface area contributed by atoms with E-state index in [0.717, 1.165) is 5.56 Å². The van der Waals surface area contributed by atoms with Crippen molar-refractivity contribution in [2.45, 2.75) is 40.8 Å². The Morgan fingerprint density at radius 1 is 1.12 bits per heavy atom. The molecular weight excluding hydrogens is 630 g/mol. The number of hydrogen-bond acceptors (Lipinski definition) is 6. The summed E-state index contributed by atoms with van der Waals surface area (Å²) in [7, 11) is 0. The molecule has 2 aromatic carbocycles. The highest BCUT2D eigenvalue weighted by atomic mass is 79.9. The van der Waals surface area contributed by atoms with Crippen molar-refractivity contribution in [2.75, 3.05) is 37.7 Å². The molecule has 5 rings (SSSR count). The van der Waals surface area contributed by atoms with Crippen LogP contribution >= 0.6 is 27.7 Å². The summed E-state index contributed by atoms with van der Waals surface area (Å²) in [4.78, 5) is 48.1. The Kier molecular flexibility index (Phi) is 9.68. The average molecular weight is 669 g/mol. The largest absolute Gasteiger partial charge is 0.494 e. The smallest absolute Gasteiger partial charge is 0.247 e. The number of amides is 3. The zero-order valence-electron chi connectivity index (χ0n) is 24.3. The van der Waals surface area contributed by atoms with Crippen molar-refractivity contribution < 1.29 is 24.2 Å². The molecule has 1 N–H and O–H groups in total. The van der Waals surface area contributed by atoms with Gasteiger partial charge in [0.1, 0.15) is 11.8 Å². The molecule has 10 heteroatoms. The number of nitrogens with zero attached hydrogens (tertiary/aromatic N) is 3. The molecule has 8 nitrogen and oxygen atoms in total. The third-order valence-electron chi connectivity index (χ3n) is 8.56. The summed E-state index contributed by atoms with van der Waals surface area (Å²) in [5.41, 5.74) is 1.65. The van der Waals surface area contributed by atoms with E-state index in [1.165, 1.54) is 4.90 Å². The molecule has 3 amide bonds. The minimum atomic E-state index is -0.813. The molecule has 3 unspecified atom stereocenters. The van der Waals surface area contributed by atoms with Gasteiger partial charge in [0.25, 0.3) is 0 Å². The highest BCUT2D eigenvalue weighted by Crippen LogP contribution is 2.68. The number of aliphatic hydroxyl groups is 1. The third kappa shape index (κ3) is 5.65. The maximum atomic E-state index is 14.5. The first-order chi connectivity index (χ1) is 20.8. The van der Waals surface area contributed by atoms with E-state index >= 15 is 0 Å². The fourth-order valence-electron chi connectivity index (χ4n) is 6.92. The quantitative estimate of drug-likeness (QED) is 0.254. The van der Waals surface area contributed by atoms with Gasteiger partial charge in [0.15, 0.2) is 0 Å². The van der Waals surface area contributed by atoms with Crippen LogP contribution in [0.4, 0.5) is 5.69 Å². The Labute approximate surface area is 265 Å². The summed E-state index contributed by atoms with van der Waals surface area (Å²) in [6, 6.07) is 16.2. The summed E-state index contributed by atoms with van der Waals surface area (Å²) in [5.74, 6) is -1.24. The second-order valence-electron chi connectivity index (χ2n) is 11.1. The first-order valence-electron chi connectivity index (χ1n) is 14.6. The predicted molar refractivity (Wildman–Crippen MR) is 173 cm³/mol. The molecule has 6 atom stereocenters. The van der Waals surface area contributed by atoms with Crippen molar-refractivity contribution in [1.29, 1.82) is 0 Å². The monoisotopic (exact) mass is 667 g/mol. The number of fused-ring (bicyclic) bond motifs is 1. The van der Waals surface area contributed by atoms with Crippen molar-refractivity contribution in [3.63, 3.8) is 0 Å². The van der Waals surface area contributed by atoms with Crippen molar-refractivity contribution in [2.24, 2.45) is 11.8 Å². The van der Waals surface area contributed by atoms with Crippen LogP contribution in [0.3, 0.4) is 0 Å². The average Bonchev–Trinajstić information content (AvgIpc) is 3.60. The van der Waals surface area contributed by atoms with Gasteiger partial charge in [-0.3, -0.25) is 14.4 Å². The maximum absolute atomic E-state index is 14.5. The van der Waals surface area contributed by atoms with Crippen molar-refractivity contribution in [3.8, 4) is 5.75 Å². The molecular formula is C33H38BrN3O5S. The van der Waals surface area contributed by atoms with E-state index in [2.05, 4.69) is 29.1 Å². The number of benzene rings is 2. The number of anilines is 1. The Balaban J connectivity index is 1.51. The molecule has 0 radical (unpaired) electrons. The molecule has 2 bridgehead atoms. The van der Waals surface area contributed by atoms with E-state index in [4.69, 9.17) is 4.74 Å². The second kappa shape index (κ2) is 13.3. The standard InChI is InChI=1S/C33H38BrN3O5S/c1-4-16-35(21-22-10-8-7-9-11-22)32(41)29-33-20-25(34)28(43-33)26(27(33)31(40)37(29)18-19-38)30(39)36(17-5-2)23-12-14-24(15-13-23)42-6-3/h4-5,7-15,25-29,38H,1-2,6,16-21H2,3H3/t25?,26-,27+,28-,29?,33?/m1/s1. The van der Waals surface area contributed by atoms with Gasteiger partial charge in [-0.15, -0.1) is 24.9 Å². The van der Waals surface area contributed by atoms with Gasteiger partial charge in [-0.2, -0.15) is 0 Å². The number of aliphatic hydroxyl groups excluding tert-OH is 1. The number of carbonyl (C=O) groups excluding carboxylic acids is 3. The molecule has 3 aliphatic rings. The predicted octanol–water partition coefficient (Wildman–Crippen LogP) is 4.28. The number of alkyl halides is 1. The molecule has 0 aliphatic carbocycles. The fraction of sp³-hybridized carbons (Fsp3) is 0.424. The van der Waals surface area contributed by atoms with Crippen LogP contribution in [0.15, 0.2) is 79.9 Å². The van der Waals surface area contributed by atoms with Gasteiger partial charge in [-0.25, -0.2) is 0 Å². The van der Waals surface area contributed by atoms with Crippen LogP contribution in [0.2, 0.25) is 0 Å². The van der Waals surface area contributed by atoms with Gasteiger partial charge in [0.2, 0.25) is 17.7 Å². The number of thioether (sulfide) groups is 1. The van der Waals surface area contributed by atoms with Crippen LogP contribution in [-0.2, 0) is 20.9 Å². The number of ether oxygens (including phenoxy) is 1. The Morgan fingerprint density at radius 3 is 2.44 bits per heavy atom. The third-order valence-corrected chi connectivity index (χ3v) is 11.8. The van der Waals surface area contributed by atoms with E-state index < -0.39 is 22.6 Å². The number of hydrogen-bond donors (Lipinski definition) is 1. The first-order valence-corrected chi connectivity index (χ1v) is 16.4. The zero-order chi connectivity index (χ0) is 30.7. The molecule has 1 spiro atoms. The Hall–Kier alpha value is -3.08. The molecule has 2 aromatic rings. The van der Waals surface area contributed by atoms with Crippen molar-refractivity contribution in [1.82, 2.24) is 9.80 Å². The molecule has 3 fully saturated rings. The lowest BCUT2D eigenvalue weighted by Crippen LogP contribution is -2.56. The molecule has 0 aromatic heterocycles. The molecule has 3 saturated heterocycles. The lowest BCUT2D eigenvalue weighted by molar-refractivity contribution is -0.143. The number of carbonyl (C=O) groups is 3. The lowest BCUT2D eigenvalue weighted by atomic mass is 9.70. The van der Waals surface area contributed by atoms with Gasteiger partial charge in [-0.05, 0) is 43.2 Å². The van der Waals surface area contributed by atoms with Gasteiger partial charge in [-0.1, -0.05) is 58.4 Å². The van der Waals surface area contributed by atoms with Crippen LogP contribution in [0, 0.1) is 11.8 Å². The topological polar surface area (TPSA) is 90.4 Å². The van der Waals surface area contributed by atoms with E-state index in [-0.39, 0.29) is 47.5 Å². The molecule has 43 heavy (non-hydrogen) atoms. The SMILES string of the molecule is C=CCN(Cc1ccccc1)C(=O)C1N(CCO)C(=O)[C@@H]2[C@@H](C(=O)N(CC=C)c3ccc(OCC)cc3)[C@@H]3SC12CC3Br. The Bertz CT molecular complexity index is 1360. The van der Waals surface area contributed by atoms with Gasteiger partial charge < -0.3 is 24.5 Å². The van der Waals surface area contributed by atoms with Crippen LogP contribution < -0.4 is 9.64 Å². The summed E-state index contributed by atoms with van der Waals surface area (Å²) in [6.45, 7) is 10.9. The molecule has 3 heterocycles. The minimum Gasteiger partial charge on any atom is -0.494 e. The van der Waals surface area contributed by atoms with Crippen LogP contribution in [0.25, 0.3) is 0 Å². The van der Waals surface area contributed by atoms with Crippen LogP contribution in [-0.4, -0.2) is 86.3 Å². The van der Waals surface area contributed by atoms with E-state index in [1.807, 2.05) is 61.5 Å². The normalized spacial score (nSPS) is 27.1. The second-order valence-corrected chi connectivity index (χ2v) is 13.8. The zero-order valence-corrected chi connectivity index (χ0v) is 26.7. The summed E-state index contributed by atoms with van der Waals surface area (Å²) < 4.78 is 4.77. The highest BCUT2D eigenvalue weighted by molar-refractivity contribution is 9.09. The number of β-amino-alcohol motifs (C(OH)–C–C–N with tert-alkyl or cyclic N) is 1. The fourth-order valence-corrected chi connectivity index (χ4v) is 10.5. The molecule has 0 saturated carbocycles. The molecule has 228 valence electrons. The lowest BCUT2D eigenvalue weighted by Gasteiger charge is -2.38. The number of rotatable bonds is 13. The van der Waals surface area contributed by atoms with E-state index in [9.17, 15) is 19.5 Å². The summed E-state index contributed by atoms with van der Waals surface area (Å²) >= 11 is 5.42. The van der Waals surface area contributed by atoms with E-state index in [0.29, 0.717) is 37.6 Å².